The minimum Gasteiger partial charge on any atom is -0.478 e. The van der Waals surface area contributed by atoms with Gasteiger partial charge in [0.05, 0.1) is 5.57 Å². The number of hydrogen-bond acceptors (Lipinski definition) is 3. The molecule has 0 fully saturated rings. The molecule has 0 saturated carbocycles. The lowest BCUT2D eigenvalue weighted by atomic mass is 10.0. The lowest BCUT2D eigenvalue weighted by molar-refractivity contribution is -0.192. The Labute approximate surface area is 129 Å². The number of ether oxygens (including phenoxy) is 1. The van der Waals surface area contributed by atoms with Gasteiger partial charge >= 0.3 is 24.3 Å². The van der Waals surface area contributed by atoms with E-state index in [-0.39, 0.29) is 5.75 Å². The highest BCUT2D eigenvalue weighted by Gasteiger charge is 2.48. The number of alkyl halides is 6. The Morgan fingerprint density at radius 2 is 1.50 bits per heavy atom. The summed E-state index contributed by atoms with van der Waals surface area (Å²) in [6.45, 7) is 0. The topological polar surface area (TPSA) is 83.8 Å². The van der Waals surface area contributed by atoms with Crippen LogP contribution < -0.4 is 4.74 Å². The quantitative estimate of drug-likeness (QED) is 0.754. The second-order valence-corrected chi connectivity index (χ2v) is 4.29. The second-order valence-electron chi connectivity index (χ2n) is 4.29. The number of hydrogen-bond donors (Lipinski definition) is 2. The molecule has 1 aliphatic heterocycles. The second kappa shape index (κ2) is 6.81. The third-order valence-corrected chi connectivity index (χ3v) is 2.54. The highest BCUT2D eigenvalue weighted by molar-refractivity contribution is 5.94. The molecule has 0 amide bonds. The fourth-order valence-corrected chi connectivity index (χ4v) is 1.56. The molecule has 5 nitrogen and oxygen atoms in total. The molecule has 132 valence electrons. The summed E-state index contributed by atoms with van der Waals surface area (Å²) in [5, 5.41) is 15.9. The molecule has 24 heavy (non-hydrogen) atoms. The van der Waals surface area contributed by atoms with Crippen molar-refractivity contribution in [1.29, 1.82) is 0 Å². The van der Waals surface area contributed by atoms with Crippen molar-refractivity contribution < 1.29 is 50.9 Å². The fraction of sp³-hybridized carbons (Fsp3) is 0.231. The van der Waals surface area contributed by atoms with E-state index in [4.69, 9.17) is 19.7 Å². The zero-order valence-electron chi connectivity index (χ0n) is 11.4. The average Bonchev–Trinajstić information content (AvgIpc) is 2.44. The lowest BCUT2D eigenvalue weighted by Crippen LogP contribution is -2.40. The van der Waals surface area contributed by atoms with Crippen LogP contribution in [0.1, 0.15) is 5.56 Å². The molecule has 2 rings (SSSR count). The van der Waals surface area contributed by atoms with Gasteiger partial charge in [-0.25, -0.2) is 9.59 Å². The van der Waals surface area contributed by atoms with Gasteiger partial charge in [-0.2, -0.15) is 26.3 Å². The molecule has 2 N–H and O–H groups in total. The average molecular weight is 358 g/mol. The summed E-state index contributed by atoms with van der Waals surface area (Å²) in [6.07, 6.45) is -11.3. The number of benzene rings is 1. The van der Waals surface area contributed by atoms with Crippen molar-refractivity contribution >= 4 is 18.0 Å². The van der Waals surface area contributed by atoms with Crippen LogP contribution in [0.3, 0.4) is 0 Å². The number of para-hydroxylation sites is 1. The molecule has 11 heteroatoms. The summed E-state index contributed by atoms with van der Waals surface area (Å²) in [5.41, 5.74) is -0.485. The molecule has 0 radical (unpaired) electrons. The van der Waals surface area contributed by atoms with E-state index in [0.29, 0.717) is 5.56 Å². The smallest absolute Gasteiger partial charge is 0.478 e. The molecule has 0 saturated heterocycles. The Balaban J connectivity index is 0.000000351. The van der Waals surface area contributed by atoms with Crippen molar-refractivity contribution in [2.75, 3.05) is 0 Å². The van der Waals surface area contributed by atoms with E-state index in [9.17, 15) is 31.1 Å². The van der Waals surface area contributed by atoms with Crippen molar-refractivity contribution in [2.24, 2.45) is 0 Å². The van der Waals surface area contributed by atoms with Gasteiger partial charge in [0.25, 0.3) is 0 Å². The minimum atomic E-state index is -5.08. The molecule has 1 atom stereocenters. The van der Waals surface area contributed by atoms with E-state index in [2.05, 4.69) is 0 Å². The molecule has 1 heterocycles. The molecule has 0 bridgehead atoms. The molecular formula is C13H8F6O5. The van der Waals surface area contributed by atoms with Gasteiger partial charge in [-0.1, -0.05) is 18.2 Å². The van der Waals surface area contributed by atoms with Gasteiger partial charge < -0.3 is 14.9 Å². The monoisotopic (exact) mass is 358 g/mol. The van der Waals surface area contributed by atoms with Gasteiger partial charge in [0.1, 0.15) is 5.75 Å². The van der Waals surface area contributed by atoms with Gasteiger partial charge in [-0.15, -0.1) is 0 Å². The van der Waals surface area contributed by atoms with E-state index in [0.717, 1.165) is 6.08 Å². The van der Waals surface area contributed by atoms with Gasteiger partial charge in [0, 0.05) is 5.56 Å². The van der Waals surface area contributed by atoms with Crippen molar-refractivity contribution in [3.63, 3.8) is 0 Å². The molecule has 1 aromatic rings. The van der Waals surface area contributed by atoms with E-state index < -0.39 is 36.0 Å². The molecule has 0 spiro atoms. The standard InChI is InChI=1S/C11H7F3O3.C2HF3O2/c12-11(13,14)9-7(10(15)16)5-6-3-1-2-4-8(6)17-9;3-2(4,5)1(6)7/h1-5,9H,(H,15,16);(H,6,7). The van der Waals surface area contributed by atoms with E-state index in [1.54, 1.807) is 6.07 Å². The first kappa shape index (κ1) is 19.3. The van der Waals surface area contributed by atoms with Crippen LogP contribution in [0.4, 0.5) is 26.3 Å². The SMILES string of the molecule is O=C(O)C(F)(F)F.O=C(O)C1=Cc2ccccc2OC1C(F)(F)F. The largest absolute Gasteiger partial charge is 0.490 e. The maximum Gasteiger partial charge on any atom is 0.490 e. The highest BCUT2D eigenvalue weighted by Crippen LogP contribution is 2.36. The van der Waals surface area contributed by atoms with E-state index in [1.165, 1.54) is 18.2 Å². The number of carbonyl (C=O) groups is 2. The first-order valence-corrected chi connectivity index (χ1v) is 5.91. The predicted octanol–water partition coefficient (Wildman–Crippen LogP) is 3.11. The summed E-state index contributed by atoms with van der Waals surface area (Å²) >= 11 is 0. The van der Waals surface area contributed by atoms with Crippen molar-refractivity contribution in [3.05, 3.63) is 35.4 Å². The van der Waals surface area contributed by atoms with Crippen LogP contribution in [-0.2, 0) is 9.59 Å². The zero-order valence-corrected chi connectivity index (χ0v) is 11.4. The van der Waals surface area contributed by atoms with Gasteiger partial charge in [0.2, 0.25) is 6.10 Å². The number of aliphatic carboxylic acids is 2. The van der Waals surface area contributed by atoms with E-state index in [1.807, 2.05) is 0 Å². The van der Waals surface area contributed by atoms with Crippen LogP contribution in [0.2, 0.25) is 0 Å². The van der Waals surface area contributed by atoms with Gasteiger partial charge in [-0.05, 0) is 12.1 Å². The lowest BCUT2D eigenvalue weighted by Gasteiger charge is -2.26. The fourth-order valence-electron chi connectivity index (χ4n) is 1.56. The summed E-state index contributed by atoms with van der Waals surface area (Å²) < 4.78 is 74.3. The normalized spacial score (nSPS) is 16.8. The summed E-state index contributed by atoms with van der Waals surface area (Å²) in [6, 6.07) is 5.96. The van der Waals surface area contributed by atoms with Crippen LogP contribution in [0.25, 0.3) is 6.08 Å². The van der Waals surface area contributed by atoms with Crippen molar-refractivity contribution in [1.82, 2.24) is 0 Å². The summed E-state index contributed by atoms with van der Waals surface area (Å²) in [7, 11) is 0. The Morgan fingerprint density at radius 1 is 1.00 bits per heavy atom. The molecule has 1 aliphatic rings. The molecule has 0 aromatic heterocycles. The van der Waals surface area contributed by atoms with Crippen LogP contribution in [0.5, 0.6) is 5.75 Å². The van der Waals surface area contributed by atoms with Crippen LogP contribution in [0.15, 0.2) is 29.8 Å². The van der Waals surface area contributed by atoms with Crippen molar-refractivity contribution in [3.8, 4) is 5.75 Å². The molecule has 1 aromatic carbocycles. The predicted molar refractivity (Wildman–Crippen MR) is 66.2 cm³/mol. The molecule has 1 unspecified atom stereocenters. The maximum atomic E-state index is 12.6. The minimum absolute atomic E-state index is 0.0276. The van der Waals surface area contributed by atoms with Crippen molar-refractivity contribution in [2.45, 2.75) is 18.5 Å². The number of carboxylic acids is 2. The number of rotatable bonds is 1. The summed E-state index contributed by atoms with van der Waals surface area (Å²) in [5.74, 6) is -4.37. The number of carboxylic acid groups (broad SMARTS) is 2. The van der Waals surface area contributed by atoms with Gasteiger partial charge in [-0.3, -0.25) is 0 Å². The van der Waals surface area contributed by atoms with E-state index >= 15 is 0 Å². The van der Waals surface area contributed by atoms with Crippen LogP contribution >= 0.6 is 0 Å². The Morgan fingerprint density at radius 3 is 1.92 bits per heavy atom. The Hall–Kier alpha value is -2.72. The number of halogens is 6. The number of fused-ring (bicyclic) bond motifs is 1. The molecule has 0 aliphatic carbocycles. The Bertz CT molecular complexity index is 662. The molecular weight excluding hydrogens is 350 g/mol. The summed E-state index contributed by atoms with van der Waals surface area (Å²) in [4.78, 5) is 19.7. The highest BCUT2D eigenvalue weighted by atomic mass is 19.4. The van der Waals surface area contributed by atoms with Crippen LogP contribution in [0, 0.1) is 0 Å². The first-order valence-electron chi connectivity index (χ1n) is 5.91. The third-order valence-electron chi connectivity index (χ3n) is 2.54. The first-order chi connectivity index (χ1) is 10.8. The zero-order chi connectivity index (χ0) is 18.7. The van der Waals surface area contributed by atoms with Gasteiger partial charge in [0.15, 0.2) is 0 Å². The Kier molecular flexibility index (Phi) is 5.48. The van der Waals surface area contributed by atoms with Crippen LogP contribution in [-0.4, -0.2) is 40.6 Å². The third kappa shape index (κ3) is 4.89. The maximum absolute atomic E-state index is 12.6.